The lowest BCUT2D eigenvalue weighted by molar-refractivity contribution is 0.184. The quantitative estimate of drug-likeness (QED) is 0.914. The van der Waals surface area contributed by atoms with Gasteiger partial charge in [-0.3, -0.25) is 4.98 Å². The highest BCUT2D eigenvalue weighted by Gasteiger charge is 2.21. The molecule has 1 atom stereocenters. The number of aliphatic hydroxyl groups excluding tert-OH is 1. The van der Waals surface area contributed by atoms with Crippen LogP contribution in [0, 0.1) is 0 Å². The summed E-state index contributed by atoms with van der Waals surface area (Å²) in [5.74, 6) is 0.358. The Bertz CT molecular complexity index is 515. The molecule has 2 heterocycles. The molecule has 2 aromatic rings. The van der Waals surface area contributed by atoms with Crippen LogP contribution in [0.5, 0.6) is 0 Å². The van der Waals surface area contributed by atoms with Crippen LogP contribution in [0.1, 0.15) is 17.6 Å². The van der Waals surface area contributed by atoms with E-state index in [2.05, 4.69) is 20.9 Å². The Kier molecular flexibility index (Phi) is 3.54. The zero-order chi connectivity index (χ0) is 11.7. The highest BCUT2D eigenvalue weighted by Crippen LogP contribution is 2.32. The first-order valence-electron chi connectivity index (χ1n) is 4.31. The Morgan fingerprint density at radius 2 is 2.19 bits per heavy atom. The summed E-state index contributed by atoms with van der Waals surface area (Å²) in [6.07, 6.45) is 1.86. The van der Waals surface area contributed by atoms with Gasteiger partial charge < -0.3 is 9.52 Å². The Morgan fingerprint density at radius 1 is 1.44 bits per heavy atom. The van der Waals surface area contributed by atoms with Gasteiger partial charge in [-0.25, -0.2) is 0 Å². The molecule has 0 saturated heterocycles. The number of pyridine rings is 1. The first kappa shape index (κ1) is 11.9. The number of aromatic nitrogens is 1. The minimum Gasteiger partial charge on any atom is -0.465 e. The number of aliphatic hydroxyl groups is 1. The Labute approximate surface area is 110 Å². The SMILES string of the molecule is OC(c1ncc(Cl)cc1Cl)c1occc1Br. The summed E-state index contributed by atoms with van der Waals surface area (Å²) < 4.78 is 5.80. The zero-order valence-corrected chi connectivity index (χ0v) is 10.9. The Balaban J connectivity index is 2.41. The molecule has 0 radical (unpaired) electrons. The van der Waals surface area contributed by atoms with Gasteiger partial charge in [-0.2, -0.15) is 0 Å². The summed E-state index contributed by atoms with van der Waals surface area (Å²) in [6, 6.07) is 3.20. The predicted octanol–water partition coefficient (Wildman–Crippen LogP) is 3.83. The second kappa shape index (κ2) is 4.75. The molecule has 1 unspecified atom stereocenters. The summed E-state index contributed by atoms with van der Waals surface area (Å²) in [4.78, 5) is 3.98. The van der Waals surface area contributed by atoms with Crippen molar-refractivity contribution in [3.63, 3.8) is 0 Å². The first-order chi connectivity index (χ1) is 7.59. The summed E-state index contributed by atoms with van der Waals surface area (Å²) in [6.45, 7) is 0. The Hall–Kier alpha value is -0.550. The van der Waals surface area contributed by atoms with Crippen molar-refractivity contribution < 1.29 is 9.52 Å². The lowest BCUT2D eigenvalue weighted by Gasteiger charge is -2.09. The van der Waals surface area contributed by atoms with Crippen molar-refractivity contribution in [3.05, 3.63) is 50.6 Å². The fourth-order valence-corrected chi connectivity index (χ4v) is 2.15. The van der Waals surface area contributed by atoms with Gasteiger partial charge in [-0.05, 0) is 28.1 Å². The van der Waals surface area contributed by atoms with E-state index < -0.39 is 6.10 Å². The molecule has 0 aliphatic rings. The fraction of sp³-hybridized carbons (Fsp3) is 0.100. The van der Waals surface area contributed by atoms with E-state index in [1.165, 1.54) is 18.5 Å². The lowest BCUT2D eigenvalue weighted by Crippen LogP contribution is -2.02. The number of rotatable bonds is 2. The van der Waals surface area contributed by atoms with E-state index in [1.54, 1.807) is 6.07 Å². The van der Waals surface area contributed by atoms with Gasteiger partial charge in [0.2, 0.25) is 0 Å². The third-order valence-electron chi connectivity index (χ3n) is 1.99. The van der Waals surface area contributed by atoms with Crippen LogP contribution in [0.3, 0.4) is 0 Å². The molecule has 1 N–H and O–H groups in total. The number of nitrogens with zero attached hydrogens (tertiary/aromatic N) is 1. The van der Waals surface area contributed by atoms with Crippen molar-refractivity contribution in [1.29, 1.82) is 0 Å². The van der Waals surface area contributed by atoms with Gasteiger partial charge in [-0.1, -0.05) is 23.2 Å². The van der Waals surface area contributed by atoms with Gasteiger partial charge in [0.15, 0.2) is 11.9 Å². The van der Waals surface area contributed by atoms with Gasteiger partial charge in [0.05, 0.1) is 26.5 Å². The van der Waals surface area contributed by atoms with Crippen molar-refractivity contribution in [1.82, 2.24) is 4.98 Å². The van der Waals surface area contributed by atoms with E-state index in [0.29, 0.717) is 26.0 Å². The molecule has 0 aliphatic carbocycles. The van der Waals surface area contributed by atoms with Crippen LogP contribution in [0.15, 0.2) is 33.5 Å². The number of hydrogen-bond acceptors (Lipinski definition) is 3. The molecular formula is C10H6BrCl2NO2. The molecule has 0 saturated carbocycles. The molecule has 16 heavy (non-hydrogen) atoms. The minimum absolute atomic E-state index is 0.295. The second-order valence-electron chi connectivity index (χ2n) is 3.06. The van der Waals surface area contributed by atoms with Crippen molar-refractivity contribution in [2.75, 3.05) is 0 Å². The number of hydrogen-bond donors (Lipinski definition) is 1. The maximum absolute atomic E-state index is 10.0. The van der Waals surface area contributed by atoms with Gasteiger partial charge >= 0.3 is 0 Å². The van der Waals surface area contributed by atoms with Crippen LogP contribution in [0.25, 0.3) is 0 Å². The molecule has 0 spiro atoms. The van der Waals surface area contributed by atoms with Crippen molar-refractivity contribution in [2.24, 2.45) is 0 Å². The first-order valence-corrected chi connectivity index (χ1v) is 5.86. The molecule has 0 aliphatic heterocycles. The highest BCUT2D eigenvalue weighted by molar-refractivity contribution is 9.10. The van der Waals surface area contributed by atoms with E-state index in [9.17, 15) is 5.11 Å². The maximum Gasteiger partial charge on any atom is 0.156 e. The lowest BCUT2D eigenvalue weighted by atomic mass is 10.2. The van der Waals surface area contributed by atoms with Crippen LogP contribution in [0.4, 0.5) is 0 Å². The third kappa shape index (κ3) is 2.25. The van der Waals surface area contributed by atoms with Crippen LogP contribution < -0.4 is 0 Å². The molecular weight excluding hydrogens is 317 g/mol. The van der Waals surface area contributed by atoms with Gasteiger partial charge in [0.1, 0.15) is 0 Å². The van der Waals surface area contributed by atoms with Crippen LogP contribution in [-0.4, -0.2) is 10.1 Å². The van der Waals surface area contributed by atoms with Crippen LogP contribution in [-0.2, 0) is 0 Å². The van der Waals surface area contributed by atoms with Gasteiger partial charge in [-0.15, -0.1) is 0 Å². The van der Waals surface area contributed by atoms with Crippen molar-refractivity contribution in [2.45, 2.75) is 6.10 Å². The maximum atomic E-state index is 10.0. The van der Waals surface area contributed by atoms with E-state index in [-0.39, 0.29) is 0 Å². The zero-order valence-electron chi connectivity index (χ0n) is 7.82. The largest absolute Gasteiger partial charge is 0.465 e. The van der Waals surface area contributed by atoms with Gasteiger partial charge in [0.25, 0.3) is 0 Å². The molecule has 2 rings (SSSR count). The summed E-state index contributed by atoms with van der Waals surface area (Å²) in [7, 11) is 0. The predicted molar refractivity (Wildman–Crippen MR) is 64.7 cm³/mol. The summed E-state index contributed by atoms with van der Waals surface area (Å²) in [5, 5.41) is 10.7. The summed E-state index contributed by atoms with van der Waals surface area (Å²) in [5.41, 5.74) is 0.307. The molecule has 84 valence electrons. The number of halogens is 3. The van der Waals surface area contributed by atoms with Crippen molar-refractivity contribution >= 4 is 39.1 Å². The molecule has 0 fully saturated rings. The number of furan rings is 1. The van der Waals surface area contributed by atoms with E-state index in [1.807, 2.05) is 0 Å². The third-order valence-corrected chi connectivity index (χ3v) is 3.15. The fourth-order valence-electron chi connectivity index (χ4n) is 1.25. The molecule has 3 nitrogen and oxygen atoms in total. The van der Waals surface area contributed by atoms with E-state index in [4.69, 9.17) is 27.6 Å². The average molecular weight is 323 g/mol. The smallest absolute Gasteiger partial charge is 0.156 e. The second-order valence-corrected chi connectivity index (χ2v) is 4.75. The molecule has 2 aromatic heterocycles. The van der Waals surface area contributed by atoms with E-state index >= 15 is 0 Å². The summed E-state index contributed by atoms with van der Waals surface area (Å²) >= 11 is 14.9. The monoisotopic (exact) mass is 321 g/mol. The molecule has 0 amide bonds. The Morgan fingerprint density at radius 3 is 2.75 bits per heavy atom. The standard InChI is InChI=1S/C10H6BrCl2NO2/c11-6-1-2-16-10(6)9(15)8-7(13)3-5(12)4-14-8/h1-4,9,15H. The van der Waals surface area contributed by atoms with Crippen molar-refractivity contribution in [3.8, 4) is 0 Å². The van der Waals surface area contributed by atoms with Gasteiger partial charge in [0, 0.05) is 6.20 Å². The molecule has 0 aromatic carbocycles. The topological polar surface area (TPSA) is 46.3 Å². The normalized spacial score (nSPS) is 12.8. The van der Waals surface area contributed by atoms with E-state index in [0.717, 1.165) is 0 Å². The average Bonchev–Trinajstić information content (AvgIpc) is 2.63. The van der Waals surface area contributed by atoms with Crippen LogP contribution in [0.2, 0.25) is 10.0 Å². The molecule has 0 bridgehead atoms. The minimum atomic E-state index is -1.02. The van der Waals surface area contributed by atoms with Crippen LogP contribution >= 0.6 is 39.1 Å². The molecule has 6 heteroatoms. The highest BCUT2D eigenvalue weighted by atomic mass is 79.9.